The van der Waals surface area contributed by atoms with E-state index in [-0.39, 0.29) is 11.7 Å². The molecular weight excluding hydrogens is 281 g/mol. The summed E-state index contributed by atoms with van der Waals surface area (Å²) in [5.74, 6) is -0.659. The first kappa shape index (κ1) is 14.3. The summed E-state index contributed by atoms with van der Waals surface area (Å²) in [6.45, 7) is 4.04. The number of benzene rings is 2. The highest BCUT2D eigenvalue weighted by atomic mass is 19.1. The van der Waals surface area contributed by atoms with Gasteiger partial charge in [0.05, 0.1) is 11.7 Å². The number of amides is 1. The summed E-state index contributed by atoms with van der Waals surface area (Å²) < 4.78 is 14.2. The van der Waals surface area contributed by atoms with Gasteiger partial charge in [-0.1, -0.05) is 12.1 Å². The molecular formula is C17H16FN3O. The zero-order chi connectivity index (χ0) is 15.7. The van der Waals surface area contributed by atoms with Crippen molar-refractivity contribution in [3.63, 3.8) is 0 Å². The summed E-state index contributed by atoms with van der Waals surface area (Å²) in [6.07, 6.45) is 1.73. The van der Waals surface area contributed by atoms with Gasteiger partial charge in [-0.2, -0.15) is 5.10 Å². The first-order valence-corrected chi connectivity index (χ1v) is 7.12. The molecule has 0 atom stereocenters. The summed E-state index contributed by atoms with van der Waals surface area (Å²) in [7, 11) is 0. The molecule has 2 aromatic carbocycles. The molecule has 1 heterocycles. The topological polar surface area (TPSA) is 57.8 Å². The lowest BCUT2D eigenvalue weighted by molar-refractivity contribution is 0.0955. The molecule has 1 aromatic heterocycles. The Bertz CT molecular complexity index is 854. The number of nitrogens with one attached hydrogen (secondary N) is 2. The van der Waals surface area contributed by atoms with Gasteiger partial charge in [0.2, 0.25) is 0 Å². The van der Waals surface area contributed by atoms with Gasteiger partial charge in [-0.25, -0.2) is 4.39 Å². The lowest BCUT2D eigenvalue weighted by atomic mass is 9.96. The molecule has 4 nitrogen and oxygen atoms in total. The van der Waals surface area contributed by atoms with Gasteiger partial charge >= 0.3 is 0 Å². The summed E-state index contributed by atoms with van der Waals surface area (Å²) in [4.78, 5) is 12.0. The van der Waals surface area contributed by atoms with Gasteiger partial charge in [0.25, 0.3) is 5.91 Å². The average molecular weight is 297 g/mol. The van der Waals surface area contributed by atoms with Crippen LogP contribution in [0.15, 0.2) is 36.5 Å². The highest BCUT2D eigenvalue weighted by molar-refractivity contribution is 5.96. The predicted molar refractivity (Wildman–Crippen MR) is 84.2 cm³/mol. The minimum atomic E-state index is -0.386. The van der Waals surface area contributed by atoms with Crippen molar-refractivity contribution in [3.05, 3.63) is 53.5 Å². The fourth-order valence-electron chi connectivity index (χ4n) is 2.48. The van der Waals surface area contributed by atoms with Crippen LogP contribution in [-0.2, 0) is 0 Å². The van der Waals surface area contributed by atoms with Gasteiger partial charge < -0.3 is 5.32 Å². The molecule has 0 aliphatic carbocycles. The van der Waals surface area contributed by atoms with Crippen LogP contribution in [0.4, 0.5) is 4.39 Å². The van der Waals surface area contributed by atoms with Gasteiger partial charge in [0.1, 0.15) is 5.82 Å². The van der Waals surface area contributed by atoms with E-state index in [9.17, 15) is 9.18 Å². The average Bonchev–Trinajstić information content (AvgIpc) is 2.97. The Morgan fingerprint density at radius 2 is 2.14 bits per heavy atom. The Balaban J connectivity index is 2.14. The van der Waals surface area contributed by atoms with E-state index < -0.39 is 0 Å². The van der Waals surface area contributed by atoms with E-state index in [0.717, 1.165) is 16.5 Å². The van der Waals surface area contributed by atoms with E-state index >= 15 is 0 Å². The first-order valence-electron chi connectivity index (χ1n) is 7.12. The van der Waals surface area contributed by atoms with Crippen molar-refractivity contribution < 1.29 is 9.18 Å². The second kappa shape index (κ2) is 5.60. The molecule has 0 spiro atoms. The molecule has 0 aliphatic heterocycles. The second-order valence-corrected chi connectivity index (χ2v) is 5.16. The molecule has 112 valence electrons. The van der Waals surface area contributed by atoms with Crippen molar-refractivity contribution >= 4 is 16.8 Å². The third-order valence-electron chi connectivity index (χ3n) is 3.70. The van der Waals surface area contributed by atoms with E-state index in [0.29, 0.717) is 23.2 Å². The minimum absolute atomic E-state index is 0.273. The standard InChI is InChI=1S/C17H16FN3O/c1-3-19-17(22)13-6-14(10(2)15(18)7-13)11-4-5-12-9-20-21-16(12)8-11/h4-9H,3H2,1-2H3,(H,19,22)(H,20,21). The molecule has 22 heavy (non-hydrogen) atoms. The molecule has 3 aromatic rings. The van der Waals surface area contributed by atoms with Crippen LogP contribution in [-0.4, -0.2) is 22.6 Å². The van der Waals surface area contributed by atoms with Crippen LogP contribution in [0.1, 0.15) is 22.8 Å². The third-order valence-corrected chi connectivity index (χ3v) is 3.70. The predicted octanol–water partition coefficient (Wildman–Crippen LogP) is 3.43. The first-order chi connectivity index (χ1) is 10.6. The summed E-state index contributed by atoms with van der Waals surface area (Å²) >= 11 is 0. The maximum absolute atomic E-state index is 14.2. The number of nitrogens with zero attached hydrogens (tertiary/aromatic N) is 1. The number of fused-ring (bicyclic) bond motifs is 1. The minimum Gasteiger partial charge on any atom is -0.352 e. The van der Waals surface area contributed by atoms with Crippen molar-refractivity contribution in [3.8, 4) is 11.1 Å². The summed E-state index contributed by atoms with van der Waals surface area (Å²) in [6, 6.07) is 8.73. The molecule has 2 N–H and O–H groups in total. The van der Waals surface area contributed by atoms with Gasteiger partial charge in [-0.05, 0) is 48.7 Å². The van der Waals surface area contributed by atoms with Gasteiger partial charge in [-0.15, -0.1) is 0 Å². The van der Waals surface area contributed by atoms with E-state index in [1.54, 1.807) is 19.2 Å². The molecule has 5 heteroatoms. The fourth-order valence-corrected chi connectivity index (χ4v) is 2.48. The van der Waals surface area contributed by atoms with Crippen molar-refractivity contribution in [2.45, 2.75) is 13.8 Å². The van der Waals surface area contributed by atoms with Gasteiger partial charge in [0.15, 0.2) is 0 Å². The monoisotopic (exact) mass is 297 g/mol. The van der Waals surface area contributed by atoms with Crippen molar-refractivity contribution in [2.24, 2.45) is 0 Å². The van der Waals surface area contributed by atoms with Crippen LogP contribution < -0.4 is 5.32 Å². The number of hydrogen-bond acceptors (Lipinski definition) is 2. The lowest BCUT2D eigenvalue weighted by Crippen LogP contribution is -2.22. The van der Waals surface area contributed by atoms with Crippen LogP contribution >= 0.6 is 0 Å². The van der Waals surface area contributed by atoms with Gasteiger partial charge in [-0.3, -0.25) is 9.89 Å². The highest BCUT2D eigenvalue weighted by Crippen LogP contribution is 2.29. The van der Waals surface area contributed by atoms with E-state index in [1.165, 1.54) is 6.07 Å². The second-order valence-electron chi connectivity index (χ2n) is 5.16. The number of halogens is 1. The third kappa shape index (κ3) is 2.45. The Hall–Kier alpha value is -2.69. The van der Waals surface area contributed by atoms with Crippen molar-refractivity contribution in [1.82, 2.24) is 15.5 Å². The largest absolute Gasteiger partial charge is 0.352 e. The SMILES string of the molecule is CCNC(=O)c1cc(F)c(C)c(-c2ccc3cn[nH]c3c2)c1. The summed E-state index contributed by atoms with van der Waals surface area (Å²) in [5.41, 5.74) is 3.27. The van der Waals surface area contributed by atoms with Crippen LogP contribution in [0, 0.1) is 12.7 Å². The molecule has 0 fully saturated rings. The maximum atomic E-state index is 14.2. The van der Waals surface area contributed by atoms with Crippen LogP contribution in [0.25, 0.3) is 22.0 Å². The fraction of sp³-hybridized carbons (Fsp3) is 0.176. The van der Waals surface area contributed by atoms with E-state index in [2.05, 4.69) is 15.5 Å². The molecule has 0 aliphatic rings. The molecule has 0 radical (unpaired) electrons. The van der Waals surface area contributed by atoms with Crippen LogP contribution in [0.3, 0.4) is 0 Å². The van der Waals surface area contributed by atoms with E-state index in [1.807, 2.05) is 25.1 Å². The molecule has 0 saturated carbocycles. The summed E-state index contributed by atoms with van der Waals surface area (Å²) in [5, 5.41) is 10.6. The molecule has 0 saturated heterocycles. The number of carbonyl (C=O) groups excluding carboxylic acids is 1. The van der Waals surface area contributed by atoms with Gasteiger partial charge in [0, 0.05) is 17.5 Å². The smallest absolute Gasteiger partial charge is 0.251 e. The molecule has 0 unspecified atom stereocenters. The number of aromatic amines is 1. The molecule has 1 amide bonds. The maximum Gasteiger partial charge on any atom is 0.251 e. The Kier molecular flexibility index (Phi) is 3.63. The lowest BCUT2D eigenvalue weighted by Gasteiger charge is -2.11. The zero-order valence-electron chi connectivity index (χ0n) is 12.4. The molecule has 0 bridgehead atoms. The number of H-pyrrole nitrogens is 1. The van der Waals surface area contributed by atoms with E-state index in [4.69, 9.17) is 0 Å². The number of aromatic nitrogens is 2. The Morgan fingerprint density at radius 1 is 1.32 bits per heavy atom. The quantitative estimate of drug-likeness (QED) is 0.778. The zero-order valence-corrected chi connectivity index (χ0v) is 12.4. The normalized spacial score (nSPS) is 10.9. The number of rotatable bonds is 3. The Morgan fingerprint density at radius 3 is 2.91 bits per heavy atom. The van der Waals surface area contributed by atoms with Crippen molar-refractivity contribution in [2.75, 3.05) is 6.54 Å². The van der Waals surface area contributed by atoms with Crippen LogP contribution in [0.5, 0.6) is 0 Å². The Labute approximate surface area is 127 Å². The number of carbonyl (C=O) groups is 1. The van der Waals surface area contributed by atoms with Crippen molar-refractivity contribution in [1.29, 1.82) is 0 Å². The highest BCUT2D eigenvalue weighted by Gasteiger charge is 2.13. The number of hydrogen-bond donors (Lipinski definition) is 2. The van der Waals surface area contributed by atoms with Crippen LogP contribution in [0.2, 0.25) is 0 Å². The molecule has 3 rings (SSSR count).